The highest BCUT2D eigenvalue weighted by molar-refractivity contribution is 5.75. The van der Waals surface area contributed by atoms with E-state index < -0.39 is 0 Å². The molecule has 2 N–H and O–H groups in total. The number of nitrogens with two attached hydrogens (primary N) is 1. The largest absolute Gasteiger partial charge is 0.345 e. The third kappa shape index (κ3) is 1.55. The van der Waals surface area contributed by atoms with Gasteiger partial charge in [0.15, 0.2) is 0 Å². The molecule has 0 fully saturated rings. The van der Waals surface area contributed by atoms with Gasteiger partial charge in [0.1, 0.15) is 0 Å². The summed E-state index contributed by atoms with van der Waals surface area (Å²) in [5.41, 5.74) is 7.92. The van der Waals surface area contributed by atoms with Crippen molar-refractivity contribution in [3.63, 3.8) is 0 Å². The lowest BCUT2D eigenvalue weighted by molar-refractivity contribution is 0.605. The molecule has 2 heterocycles. The Morgan fingerprint density at radius 2 is 2.38 bits per heavy atom. The predicted molar refractivity (Wildman–Crippen MR) is 53.4 cm³/mol. The summed E-state index contributed by atoms with van der Waals surface area (Å²) in [5, 5.41) is 0. The molecule has 0 amide bonds. The van der Waals surface area contributed by atoms with Crippen LogP contribution in [0, 0.1) is 0 Å². The first-order chi connectivity index (χ1) is 6.27. The Labute approximate surface area is 77.2 Å². The summed E-state index contributed by atoms with van der Waals surface area (Å²) < 4.78 is 2.13. The minimum atomic E-state index is 0.177. The van der Waals surface area contributed by atoms with Gasteiger partial charge in [0.25, 0.3) is 0 Å². The Balaban J connectivity index is 2.46. The molecule has 68 valence electrons. The van der Waals surface area contributed by atoms with Gasteiger partial charge in [0, 0.05) is 25.0 Å². The topological polar surface area (TPSA) is 43.8 Å². The highest BCUT2D eigenvalue weighted by Crippen LogP contribution is 2.12. The molecule has 0 aliphatic carbocycles. The van der Waals surface area contributed by atoms with E-state index in [1.54, 1.807) is 6.20 Å². The first-order valence-corrected chi connectivity index (χ1v) is 4.43. The molecule has 2 aromatic rings. The quantitative estimate of drug-likeness (QED) is 0.749. The highest BCUT2D eigenvalue weighted by atomic mass is 15.0. The third-order valence-corrected chi connectivity index (χ3v) is 2.02. The molecule has 0 bridgehead atoms. The fraction of sp³-hybridized carbons (Fsp3) is 0.300. The standard InChI is InChI=1S/C10H13N3/c1-8(11)7-13-6-4-9-10(13)3-2-5-12-9/h2-6,8H,7,11H2,1H3. The molecule has 0 aliphatic rings. The fourth-order valence-corrected chi connectivity index (χ4v) is 1.49. The van der Waals surface area contributed by atoms with Crippen molar-refractivity contribution in [2.24, 2.45) is 5.73 Å². The summed E-state index contributed by atoms with van der Waals surface area (Å²) in [7, 11) is 0. The van der Waals surface area contributed by atoms with E-state index in [-0.39, 0.29) is 6.04 Å². The van der Waals surface area contributed by atoms with E-state index in [4.69, 9.17) is 5.73 Å². The first kappa shape index (κ1) is 8.26. The van der Waals surface area contributed by atoms with Crippen molar-refractivity contribution in [2.75, 3.05) is 0 Å². The molecule has 0 aliphatic heterocycles. The average Bonchev–Trinajstić information content (AvgIpc) is 2.48. The zero-order valence-corrected chi connectivity index (χ0v) is 7.64. The van der Waals surface area contributed by atoms with E-state index in [1.165, 1.54) is 0 Å². The van der Waals surface area contributed by atoms with Gasteiger partial charge < -0.3 is 10.3 Å². The number of fused-ring (bicyclic) bond motifs is 1. The van der Waals surface area contributed by atoms with Crippen LogP contribution in [0.3, 0.4) is 0 Å². The van der Waals surface area contributed by atoms with Crippen molar-refractivity contribution in [3.05, 3.63) is 30.6 Å². The lowest BCUT2D eigenvalue weighted by Gasteiger charge is -2.07. The summed E-state index contributed by atoms with van der Waals surface area (Å²) >= 11 is 0. The first-order valence-electron chi connectivity index (χ1n) is 4.43. The molecular formula is C10H13N3. The molecule has 3 nitrogen and oxygen atoms in total. The molecule has 13 heavy (non-hydrogen) atoms. The predicted octanol–water partition coefficient (Wildman–Crippen LogP) is 1.38. The maximum Gasteiger partial charge on any atom is 0.0880 e. The number of pyridine rings is 1. The number of hydrogen-bond acceptors (Lipinski definition) is 2. The Morgan fingerprint density at radius 1 is 1.54 bits per heavy atom. The van der Waals surface area contributed by atoms with Crippen LogP contribution in [0.5, 0.6) is 0 Å². The Hall–Kier alpha value is -1.35. The summed E-state index contributed by atoms with van der Waals surface area (Å²) in [6.45, 7) is 2.84. The van der Waals surface area contributed by atoms with E-state index in [1.807, 2.05) is 25.3 Å². The van der Waals surface area contributed by atoms with E-state index >= 15 is 0 Å². The third-order valence-electron chi connectivity index (χ3n) is 2.02. The van der Waals surface area contributed by atoms with Crippen LogP contribution < -0.4 is 5.73 Å². The molecule has 0 aromatic carbocycles. The zero-order valence-electron chi connectivity index (χ0n) is 7.64. The molecule has 1 unspecified atom stereocenters. The second-order valence-corrected chi connectivity index (χ2v) is 3.35. The van der Waals surface area contributed by atoms with E-state index in [0.29, 0.717) is 0 Å². The van der Waals surface area contributed by atoms with Gasteiger partial charge in [-0.1, -0.05) is 0 Å². The summed E-state index contributed by atoms with van der Waals surface area (Å²) in [6, 6.07) is 6.19. The summed E-state index contributed by atoms with van der Waals surface area (Å²) in [6.07, 6.45) is 3.83. The second kappa shape index (κ2) is 3.18. The van der Waals surface area contributed by atoms with Crippen molar-refractivity contribution in [1.82, 2.24) is 9.55 Å². The molecule has 0 saturated heterocycles. The number of hydrogen-bond donors (Lipinski definition) is 1. The van der Waals surface area contributed by atoms with E-state index in [0.717, 1.165) is 17.6 Å². The molecular weight excluding hydrogens is 162 g/mol. The minimum Gasteiger partial charge on any atom is -0.345 e. The molecule has 0 saturated carbocycles. The van der Waals surface area contributed by atoms with Crippen LogP contribution in [0.4, 0.5) is 0 Å². The van der Waals surface area contributed by atoms with Gasteiger partial charge in [-0.2, -0.15) is 0 Å². The van der Waals surface area contributed by atoms with Gasteiger partial charge in [-0.3, -0.25) is 4.98 Å². The van der Waals surface area contributed by atoms with Gasteiger partial charge in [0.05, 0.1) is 11.0 Å². The summed E-state index contributed by atoms with van der Waals surface area (Å²) in [4.78, 5) is 4.25. The monoisotopic (exact) mass is 175 g/mol. The van der Waals surface area contributed by atoms with Crippen LogP contribution in [-0.4, -0.2) is 15.6 Å². The molecule has 0 radical (unpaired) electrons. The average molecular weight is 175 g/mol. The zero-order chi connectivity index (χ0) is 9.26. The Kier molecular flexibility index (Phi) is 2.02. The van der Waals surface area contributed by atoms with Crippen LogP contribution >= 0.6 is 0 Å². The van der Waals surface area contributed by atoms with Crippen LogP contribution in [0.1, 0.15) is 6.92 Å². The maximum absolute atomic E-state index is 5.73. The van der Waals surface area contributed by atoms with Crippen molar-refractivity contribution >= 4 is 11.0 Å². The molecule has 3 heteroatoms. The second-order valence-electron chi connectivity index (χ2n) is 3.35. The lowest BCUT2D eigenvalue weighted by Crippen LogP contribution is -2.21. The SMILES string of the molecule is CC(N)Cn1ccc2ncccc21. The number of aromatic nitrogens is 2. The maximum atomic E-state index is 5.73. The van der Waals surface area contributed by atoms with Crippen LogP contribution in [0.25, 0.3) is 11.0 Å². The van der Waals surface area contributed by atoms with Crippen molar-refractivity contribution in [3.8, 4) is 0 Å². The van der Waals surface area contributed by atoms with E-state index in [9.17, 15) is 0 Å². The van der Waals surface area contributed by atoms with Gasteiger partial charge in [-0.25, -0.2) is 0 Å². The highest BCUT2D eigenvalue weighted by Gasteiger charge is 2.01. The molecule has 2 aromatic heterocycles. The smallest absolute Gasteiger partial charge is 0.0880 e. The van der Waals surface area contributed by atoms with E-state index in [2.05, 4.69) is 15.6 Å². The van der Waals surface area contributed by atoms with Crippen LogP contribution in [0.2, 0.25) is 0 Å². The normalized spacial score (nSPS) is 13.4. The lowest BCUT2D eigenvalue weighted by atomic mass is 10.3. The fourth-order valence-electron chi connectivity index (χ4n) is 1.49. The molecule has 1 atom stereocenters. The van der Waals surface area contributed by atoms with Gasteiger partial charge in [-0.15, -0.1) is 0 Å². The molecule has 0 spiro atoms. The number of rotatable bonds is 2. The van der Waals surface area contributed by atoms with Gasteiger partial charge in [-0.05, 0) is 25.1 Å². The van der Waals surface area contributed by atoms with Crippen LogP contribution in [0.15, 0.2) is 30.6 Å². The van der Waals surface area contributed by atoms with Gasteiger partial charge in [0.2, 0.25) is 0 Å². The van der Waals surface area contributed by atoms with Crippen LogP contribution in [-0.2, 0) is 6.54 Å². The Morgan fingerprint density at radius 3 is 3.15 bits per heavy atom. The van der Waals surface area contributed by atoms with Gasteiger partial charge >= 0.3 is 0 Å². The number of nitrogens with zero attached hydrogens (tertiary/aromatic N) is 2. The van der Waals surface area contributed by atoms with Crippen molar-refractivity contribution in [1.29, 1.82) is 0 Å². The van der Waals surface area contributed by atoms with Crippen molar-refractivity contribution in [2.45, 2.75) is 19.5 Å². The molecule has 2 rings (SSSR count). The Bertz CT molecular complexity index is 403. The van der Waals surface area contributed by atoms with Crippen molar-refractivity contribution < 1.29 is 0 Å². The minimum absolute atomic E-state index is 0.177. The summed E-state index contributed by atoms with van der Waals surface area (Å²) in [5.74, 6) is 0.